The molecule has 2 N–H and O–H groups in total. The Morgan fingerprint density at radius 3 is 2.50 bits per heavy atom. The van der Waals surface area contributed by atoms with Crippen LogP contribution in [0.5, 0.6) is 5.75 Å². The smallest absolute Gasteiger partial charge is 0.236 e. The highest BCUT2D eigenvalue weighted by atomic mass is 16.5. The van der Waals surface area contributed by atoms with Crippen molar-refractivity contribution in [2.75, 3.05) is 32.7 Å². The summed E-state index contributed by atoms with van der Waals surface area (Å²) in [5, 5.41) is 0. The van der Waals surface area contributed by atoms with Crippen LogP contribution in [-0.4, -0.2) is 54.5 Å². The maximum Gasteiger partial charge on any atom is 0.236 e. The minimum Gasteiger partial charge on any atom is -0.488 e. The number of benzene rings is 2. The SMILES string of the molecule is NC1CCN(CC(=O)N2CCC(=C3c4ccccc4COc4ccccc43)CC2)C1. The van der Waals surface area contributed by atoms with Gasteiger partial charge in [-0.05, 0) is 42.0 Å². The van der Waals surface area contributed by atoms with E-state index in [4.69, 9.17) is 10.5 Å². The van der Waals surface area contributed by atoms with E-state index in [1.54, 1.807) is 0 Å². The van der Waals surface area contributed by atoms with Gasteiger partial charge in [0.05, 0.1) is 6.54 Å². The van der Waals surface area contributed by atoms with E-state index in [2.05, 4.69) is 47.4 Å². The van der Waals surface area contributed by atoms with Crippen molar-refractivity contribution >= 4 is 11.5 Å². The summed E-state index contributed by atoms with van der Waals surface area (Å²) >= 11 is 0. The molecule has 156 valence electrons. The van der Waals surface area contributed by atoms with Gasteiger partial charge in [-0.25, -0.2) is 0 Å². The molecule has 2 saturated heterocycles. The molecular weight excluding hydrogens is 374 g/mol. The molecule has 30 heavy (non-hydrogen) atoms. The molecule has 1 atom stereocenters. The first-order valence-electron chi connectivity index (χ1n) is 11.0. The number of carbonyl (C=O) groups is 1. The first kappa shape index (κ1) is 19.3. The Morgan fingerprint density at radius 2 is 1.73 bits per heavy atom. The molecule has 2 fully saturated rings. The second-order valence-electron chi connectivity index (χ2n) is 8.59. The molecule has 2 aromatic rings. The van der Waals surface area contributed by atoms with Gasteiger partial charge in [-0.3, -0.25) is 9.69 Å². The Hall–Kier alpha value is -2.63. The molecule has 3 aliphatic heterocycles. The maximum absolute atomic E-state index is 12.8. The van der Waals surface area contributed by atoms with Gasteiger partial charge in [-0.15, -0.1) is 0 Å². The van der Waals surface area contributed by atoms with Crippen LogP contribution in [0.4, 0.5) is 0 Å². The number of ether oxygens (including phenoxy) is 1. The van der Waals surface area contributed by atoms with Crippen molar-refractivity contribution in [2.45, 2.75) is 31.9 Å². The summed E-state index contributed by atoms with van der Waals surface area (Å²) in [4.78, 5) is 17.0. The van der Waals surface area contributed by atoms with E-state index in [0.717, 1.165) is 51.2 Å². The number of nitrogens with zero attached hydrogens (tertiary/aromatic N) is 2. The van der Waals surface area contributed by atoms with E-state index in [-0.39, 0.29) is 11.9 Å². The normalized spacial score (nSPS) is 21.6. The van der Waals surface area contributed by atoms with Crippen LogP contribution in [0.15, 0.2) is 54.1 Å². The van der Waals surface area contributed by atoms with Gasteiger partial charge in [-0.1, -0.05) is 48.0 Å². The Labute approximate surface area is 178 Å². The fourth-order valence-corrected chi connectivity index (χ4v) is 4.94. The number of hydrogen-bond donors (Lipinski definition) is 1. The highest BCUT2D eigenvalue weighted by Crippen LogP contribution is 2.40. The lowest BCUT2D eigenvalue weighted by Crippen LogP contribution is -2.43. The molecule has 3 heterocycles. The molecule has 0 spiro atoms. The number of piperidine rings is 1. The van der Waals surface area contributed by atoms with Crippen LogP contribution in [0.25, 0.3) is 5.57 Å². The van der Waals surface area contributed by atoms with Crippen molar-refractivity contribution in [3.8, 4) is 5.75 Å². The van der Waals surface area contributed by atoms with Crippen LogP contribution in [0.3, 0.4) is 0 Å². The molecule has 5 heteroatoms. The van der Waals surface area contributed by atoms with Gasteiger partial charge in [0, 0.05) is 37.8 Å². The van der Waals surface area contributed by atoms with E-state index >= 15 is 0 Å². The molecule has 0 saturated carbocycles. The van der Waals surface area contributed by atoms with Crippen LogP contribution in [0, 0.1) is 0 Å². The third-order valence-electron chi connectivity index (χ3n) is 6.57. The summed E-state index contributed by atoms with van der Waals surface area (Å²) in [5.41, 5.74) is 12.4. The van der Waals surface area contributed by atoms with Crippen molar-refractivity contribution in [3.63, 3.8) is 0 Å². The standard InChI is InChI=1S/C25H29N3O2/c26-20-11-12-27(15-20)16-24(29)28-13-9-18(10-14-28)25-21-6-2-1-5-19(21)17-30-23-8-4-3-7-22(23)25/h1-8,20H,9-17,26H2. The van der Waals surface area contributed by atoms with Gasteiger partial charge >= 0.3 is 0 Å². The Morgan fingerprint density at radius 1 is 1.00 bits per heavy atom. The minimum absolute atomic E-state index is 0.216. The van der Waals surface area contributed by atoms with Crippen molar-refractivity contribution in [1.82, 2.24) is 9.80 Å². The van der Waals surface area contributed by atoms with Crippen LogP contribution < -0.4 is 10.5 Å². The van der Waals surface area contributed by atoms with Crippen LogP contribution in [-0.2, 0) is 11.4 Å². The van der Waals surface area contributed by atoms with Gasteiger partial charge in [0.15, 0.2) is 0 Å². The molecule has 0 radical (unpaired) electrons. The zero-order chi connectivity index (χ0) is 20.5. The second-order valence-corrected chi connectivity index (χ2v) is 8.59. The van der Waals surface area contributed by atoms with Crippen molar-refractivity contribution in [3.05, 3.63) is 70.8 Å². The number of hydrogen-bond acceptors (Lipinski definition) is 4. The van der Waals surface area contributed by atoms with Crippen molar-refractivity contribution < 1.29 is 9.53 Å². The van der Waals surface area contributed by atoms with E-state index in [0.29, 0.717) is 13.2 Å². The maximum atomic E-state index is 12.8. The summed E-state index contributed by atoms with van der Waals surface area (Å²) in [6, 6.07) is 17.1. The number of carbonyl (C=O) groups excluding carboxylic acids is 1. The number of fused-ring (bicyclic) bond motifs is 2. The summed E-state index contributed by atoms with van der Waals surface area (Å²) in [6.45, 7) is 4.42. The van der Waals surface area contributed by atoms with Gasteiger partial charge in [0.1, 0.15) is 12.4 Å². The predicted molar refractivity (Wildman–Crippen MR) is 118 cm³/mol. The number of likely N-dealkylation sites (tertiary alicyclic amines) is 2. The first-order chi connectivity index (χ1) is 14.7. The van der Waals surface area contributed by atoms with Crippen LogP contribution in [0.1, 0.15) is 36.0 Å². The number of amides is 1. The van der Waals surface area contributed by atoms with E-state index in [1.165, 1.54) is 27.8 Å². The van der Waals surface area contributed by atoms with Gasteiger partial charge in [-0.2, -0.15) is 0 Å². The van der Waals surface area contributed by atoms with E-state index in [1.807, 2.05) is 11.0 Å². The largest absolute Gasteiger partial charge is 0.488 e. The zero-order valence-electron chi connectivity index (χ0n) is 17.3. The Kier molecular flexibility index (Phi) is 5.32. The number of nitrogens with two attached hydrogens (primary N) is 1. The zero-order valence-corrected chi connectivity index (χ0v) is 17.3. The van der Waals surface area contributed by atoms with Gasteiger partial charge < -0.3 is 15.4 Å². The fourth-order valence-electron chi connectivity index (χ4n) is 4.94. The second kappa shape index (κ2) is 8.25. The molecule has 0 aromatic heterocycles. The summed E-state index contributed by atoms with van der Waals surface area (Å²) in [6.07, 6.45) is 2.80. The number of para-hydroxylation sites is 1. The monoisotopic (exact) mass is 403 g/mol. The average Bonchev–Trinajstić information content (AvgIpc) is 3.10. The molecule has 5 nitrogen and oxygen atoms in total. The molecule has 0 aliphatic carbocycles. The van der Waals surface area contributed by atoms with Gasteiger partial charge in [0.2, 0.25) is 5.91 Å². The predicted octanol–water partition coefficient (Wildman–Crippen LogP) is 3.04. The Balaban J connectivity index is 1.39. The third kappa shape index (κ3) is 3.75. The highest BCUT2D eigenvalue weighted by Gasteiger charge is 2.28. The molecule has 1 unspecified atom stereocenters. The number of rotatable bonds is 2. The van der Waals surface area contributed by atoms with Gasteiger partial charge in [0.25, 0.3) is 0 Å². The van der Waals surface area contributed by atoms with Crippen molar-refractivity contribution in [1.29, 1.82) is 0 Å². The fraction of sp³-hybridized carbons (Fsp3) is 0.400. The van der Waals surface area contributed by atoms with Crippen LogP contribution in [0.2, 0.25) is 0 Å². The molecular formula is C25H29N3O2. The molecule has 3 aliphatic rings. The molecule has 1 amide bonds. The summed E-state index contributed by atoms with van der Waals surface area (Å²) in [5.74, 6) is 1.18. The first-order valence-corrected chi connectivity index (χ1v) is 11.0. The molecule has 5 rings (SSSR count). The van der Waals surface area contributed by atoms with Crippen LogP contribution >= 0.6 is 0 Å². The lowest BCUT2D eigenvalue weighted by atomic mass is 9.86. The average molecular weight is 404 g/mol. The topological polar surface area (TPSA) is 58.8 Å². The quantitative estimate of drug-likeness (QED) is 0.837. The minimum atomic E-state index is 0.216. The molecule has 0 bridgehead atoms. The lowest BCUT2D eigenvalue weighted by Gasteiger charge is -2.31. The third-order valence-corrected chi connectivity index (χ3v) is 6.57. The summed E-state index contributed by atoms with van der Waals surface area (Å²) in [7, 11) is 0. The lowest BCUT2D eigenvalue weighted by molar-refractivity contribution is -0.132. The van der Waals surface area contributed by atoms with E-state index < -0.39 is 0 Å². The molecule has 2 aromatic carbocycles. The van der Waals surface area contributed by atoms with Crippen molar-refractivity contribution in [2.24, 2.45) is 5.73 Å². The summed E-state index contributed by atoms with van der Waals surface area (Å²) < 4.78 is 6.12. The Bertz CT molecular complexity index is 924. The highest BCUT2D eigenvalue weighted by molar-refractivity contribution is 5.87. The van der Waals surface area contributed by atoms with E-state index in [9.17, 15) is 4.79 Å².